The van der Waals surface area contributed by atoms with Crippen molar-refractivity contribution in [2.75, 3.05) is 7.11 Å². The van der Waals surface area contributed by atoms with Gasteiger partial charge < -0.3 is 18.6 Å². The molecule has 0 saturated carbocycles. The molecular weight excluding hydrogens is 404 g/mol. The molecule has 2 aliphatic rings. The molecule has 0 saturated heterocycles. The van der Waals surface area contributed by atoms with Crippen molar-refractivity contribution in [3.63, 3.8) is 0 Å². The third kappa shape index (κ3) is 2.86. The zero-order chi connectivity index (χ0) is 21.7. The molecule has 5 heteroatoms. The van der Waals surface area contributed by atoms with E-state index in [9.17, 15) is 4.79 Å². The van der Waals surface area contributed by atoms with Crippen LogP contribution >= 0.6 is 0 Å². The predicted molar refractivity (Wildman–Crippen MR) is 119 cm³/mol. The quantitative estimate of drug-likeness (QED) is 0.451. The molecule has 0 radical (unpaired) electrons. The molecule has 6 rings (SSSR count). The van der Waals surface area contributed by atoms with E-state index in [1.165, 1.54) is 0 Å². The molecular formula is C27H20O5. The van der Waals surface area contributed by atoms with E-state index < -0.39 is 17.5 Å². The largest absolute Gasteiger partial charge is 0.497 e. The number of methoxy groups -OCH3 is 1. The highest BCUT2D eigenvalue weighted by molar-refractivity contribution is 5.60. The third-order valence-electron chi connectivity index (χ3n) is 6.14. The van der Waals surface area contributed by atoms with Gasteiger partial charge in [-0.05, 0) is 35.4 Å². The van der Waals surface area contributed by atoms with E-state index in [2.05, 4.69) is 6.07 Å². The van der Waals surface area contributed by atoms with Gasteiger partial charge in [-0.2, -0.15) is 0 Å². The molecule has 0 N–H and O–H groups in total. The number of fused-ring (bicyclic) bond motifs is 6. The molecule has 3 aromatic carbocycles. The molecule has 1 unspecified atom stereocenters. The summed E-state index contributed by atoms with van der Waals surface area (Å²) < 4.78 is 24.1. The Morgan fingerprint density at radius 1 is 0.938 bits per heavy atom. The fourth-order valence-electron chi connectivity index (χ4n) is 4.57. The summed E-state index contributed by atoms with van der Waals surface area (Å²) >= 11 is 0. The van der Waals surface area contributed by atoms with Gasteiger partial charge in [-0.15, -0.1) is 0 Å². The van der Waals surface area contributed by atoms with Crippen LogP contribution in [0.3, 0.4) is 0 Å². The molecule has 2 aliphatic heterocycles. The average Bonchev–Trinajstić information content (AvgIpc) is 2.84. The van der Waals surface area contributed by atoms with Crippen LogP contribution in [0.1, 0.15) is 28.4 Å². The van der Waals surface area contributed by atoms with E-state index in [1.807, 2.05) is 72.8 Å². The highest BCUT2D eigenvalue weighted by Crippen LogP contribution is 2.51. The molecule has 0 spiro atoms. The van der Waals surface area contributed by atoms with Crippen LogP contribution in [0.15, 0.2) is 94.1 Å². The Labute approximate surface area is 184 Å². The van der Waals surface area contributed by atoms with Crippen LogP contribution in [-0.2, 0) is 16.9 Å². The summed E-state index contributed by atoms with van der Waals surface area (Å²) in [6.45, 7) is 0. The Kier molecular flexibility index (Phi) is 4.20. The molecule has 0 fully saturated rings. The van der Waals surface area contributed by atoms with Gasteiger partial charge >= 0.3 is 5.63 Å². The molecule has 1 aromatic heterocycles. The lowest BCUT2D eigenvalue weighted by atomic mass is 9.85. The van der Waals surface area contributed by atoms with Crippen molar-refractivity contribution >= 4 is 0 Å². The maximum atomic E-state index is 13.1. The zero-order valence-corrected chi connectivity index (χ0v) is 17.4. The Morgan fingerprint density at radius 2 is 1.69 bits per heavy atom. The summed E-state index contributed by atoms with van der Waals surface area (Å²) in [5, 5.41) is 0. The van der Waals surface area contributed by atoms with Gasteiger partial charge in [0.05, 0.1) is 7.11 Å². The van der Waals surface area contributed by atoms with Gasteiger partial charge in [0.25, 0.3) is 0 Å². The normalized spacial score (nSPS) is 20.6. The maximum absolute atomic E-state index is 13.1. The number of ether oxygens (including phenoxy) is 3. The first-order chi connectivity index (χ1) is 15.7. The van der Waals surface area contributed by atoms with E-state index in [-0.39, 0.29) is 0 Å². The molecule has 2 atom stereocenters. The number of benzene rings is 3. The van der Waals surface area contributed by atoms with Crippen molar-refractivity contribution in [3.05, 3.63) is 118 Å². The van der Waals surface area contributed by atoms with Gasteiger partial charge in [0.15, 0.2) is 0 Å². The second-order valence-electron chi connectivity index (χ2n) is 8.00. The van der Waals surface area contributed by atoms with Crippen LogP contribution in [0, 0.1) is 0 Å². The third-order valence-corrected chi connectivity index (χ3v) is 6.14. The minimum absolute atomic E-state index is 0.390. The van der Waals surface area contributed by atoms with Gasteiger partial charge in [-0.3, -0.25) is 0 Å². The SMILES string of the molecule is COc1ccc([C@]23Cc4ccccc4C(O2)c2c(cc(-c4ccccc4)oc2=O)O3)cc1. The van der Waals surface area contributed by atoms with Crippen LogP contribution in [0.25, 0.3) is 11.3 Å². The van der Waals surface area contributed by atoms with Crippen molar-refractivity contribution < 1.29 is 18.6 Å². The van der Waals surface area contributed by atoms with E-state index in [4.69, 9.17) is 18.6 Å². The Morgan fingerprint density at radius 3 is 2.47 bits per heavy atom. The fraction of sp³-hybridized carbons (Fsp3) is 0.148. The fourth-order valence-corrected chi connectivity index (χ4v) is 4.57. The van der Waals surface area contributed by atoms with Gasteiger partial charge in [-0.25, -0.2) is 4.79 Å². The first-order valence-corrected chi connectivity index (χ1v) is 10.5. The van der Waals surface area contributed by atoms with Gasteiger partial charge in [0.1, 0.15) is 28.9 Å². The summed E-state index contributed by atoms with van der Waals surface area (Å²) in [5.41, 5.74) is 3.65. The van der Waals surface area contributed by atoms with Gasteiger partial charge in [0, 0.05) is 23.6 Å². The molecule has 32 heavy (non-hydrogen) atoms. The van der Waals surface area contributed by atoms with Gasteiger partial charge in [-0.1, -0.05) is 54.6 Å². The van der Waals surface area contributed by atoms with E-state index in [0.29, 0.717) is 23.5 Å². The highest BCUT2D eigenvalue weighted by atomic mass is 16.7. The summed E-state index contributed by atoms with van der Waals surface area (Å²) in [7, 11) is 1.63. The molecule has 3 heterocycles. The first kappa shape index (κ1) is 18.9. The topological polar surface area (TPSA) is 57.9 Å². The molecule has 0 aliphatic carbocycles. The minimum atomic E-state index is -1.06. The zero-order valence-electron chi connectivity index (χ0n) is 17.4. The lowest BCUT2D eigenvalue weighted by molar-refractivity contribution is -0.238. The van der Waals surface area contributed by atoms with E-state index in [1.54, 1.807) is 13.2 Å². The highest BCUT2D eigenvalue weighted by Gasteiger charge is 2.50. The van der Waals surface area contributed by atoms with Crippen molar-refractivity contribution in [2.24, 2.45) is 0 Å². The van der Waals surface area contributed by atoms with Crippen molar-refractivity contribution in [1.29, 1.82) is 0 Å². The van der Waals surface area contributed by atoms with Crippen LogP contribution in [0.5, 0.6) is 11.5 Å². The van der Waals surface area contributed by atoms with Crippen molar-refractivity contribution in [3.8, 4) is 22.8 Å². The smallest absolute Gasteiger partial charge is 0.346 e. The van der Waals surface area contributed by atoms with E-state index >= 15 is 0 Å². The van der Waals surface area contributed by atoms with Gasteiger partial charge in [0.2, 0.25) is 5.79 Å². The molecule has 158 valence electrons. The number of hydrogen-bond acceptors (Lipinski definition) is 5. The van der Waals surface area contributed by atoms with Crippen molar-refractivity contribution in [1.82, 2.24) is 0 Å². The Hall–Kier alpha value is -3.83. The summed E-state index contributed by atoms with van der Waals surface area (Å²) in [4.78, 5) is 13.1. The number of hydrogen-bond donors (Lipinski definition) is 0. The second-order valence-corrected chi connectivity index (χ2v) is 8.00. The standard InChI is InChI=1S/C27H20O5/c1-29-20-13-11-19(12-14-20)27-16-18-9-5-6-10-21(18)25(32-27)24-23(31-27)15-22(30-26(24)28)17-7-3-2-4-8-17/h2-15,25H,16H2,1H3/t25?,27-/m0/s1. The van der Waals surface area contributed by atoms with Crippen LogP contribution in [0.2, 0.25) is 0 Å². The Bertz CT molecular complexity index is 1360. The average molecular weight is 424 g/mol. The lowest BCUT2D eigenvalue weighted by Crippen LogP contribution is -2.47. The predicted octanol–water partition coefficient (Wildman–Crippen LogP) is 5.22. The first-order valence-electron chi connectivity index (χ1n) is 10.5. The maximum Gasteiger partial charge on any atom is 0.346 e. The molecule has 2 bridgehead atoms. The molecule has 4 aromatic rings. The summed E-state index contributed by atoms with van der Waals surface area (Å²) in [5.74, 6) is 0.648. The molecule has 5 nitrogen and oxygen atoms in total. The second kappa shape index (κ2) is 7.11. The van der Waals surface area contributed by atoms with Crippen molar-refractivity contribution in [2.45, 2.75) is 18.3 Å². The van der Waals surface area contributed by atoms with E-state index in [0.717, 1.165) is 28.0 Å². The summed E-state index contributed by atoms with van der Waals surface area (Å²) in [6, 6.07) is 27.0. The van der Waals surface area contributed by atoms with Crippen LogP contribution in [0.4, 0.5) is 0 Å². The summed E-state index contributed by atoms with van der Waals surface area (Å²) in [6.07, 6.45) is -0.0568. The molecule has 0 amide bonds. The monoisotopic (exact) mass is 424 g/mol. The van der Waals surface area contributed by atoms with Crippen LogP contribution in [-0.4, -0.2) is 7.11 Å². The van der Waals surface area contributed by atoms with Crippen LogP contribution < -0.4 is 15.1 Å². The lowest BCUT2D eigenvalue weighted by Gasteiger charge is -2.46. The minimum Gasteiger partial charge on any atom is -0.497 e. The number of rotatable bonds is 3. The Balaban J connectivity index is 1.56.